The number of benzene rings is 1. The molecule has 1 aromatic carbocycles. The first-order chi connectivity index (χ1) is 9.78. The molecule has 0 spiro atoms. The number of ether oxygens (including phenoxy) is 1. The fourth-order valence-electron chi connectivity index (χ4n) is 2.43. The molecule has 3 rings (SSSR count). The quantitative estimate of drug-likeness (QED) is 0.942. The number of aromatic nitrogens is 2. The van der Waals surface area contributed by atoms with Crippen molar-refractivity contribution in [2.75, 3.05) is 20.3 Å². The monoisotopic (exact) mass is 293 g/mol. The van der Waals surface area contributed by atoms with Crippen LogP contribution in [0, 0.1) is 0 Å². The maximum atomic E-state index is 5.87. The first-order valence-corrected chi connectivity index (χ1v) is 7.00. The molecule has 2 aromatic rings. The number of halogens is 1. The summed E-state index contributed by atoms with van der Waals surface area (Å²) in [7, 11) is 1.94. The molecule has 2 unspecified atom stereocenters. The highest BCUT2D eigenvalue weighted by atomic mass is 35.5. The Morgan fingerprint density at radius 3 is 2.85 bits per heavy atom. The van der Waals surface area contributed by atoms with Gasteiger partial charge in [-0.15, -0.1) is 0 Å². The van der Waals surface area contributed by atoms with Crippen molar-refractivity contribution in [2.45, 2.75) is 18.4 Å². The molecule has 0 radical (unpaired) electrons. The number of nitrogens with one attached hydrogen (secondary N) is 1. The highest BCUT2D eigenvalue weighted by Crippen LogP contribution is 2.27. The summed E-state index contributed by atoms with van der Waals surface area (Å²) in [4.78, 5) is 4.49. The van der Waals surface area contributed by atoms with E-state index in [-0.39, 0.29) is 5.92 Å². The zero-order chi connectivity index (χ0) is 13.9. The summed E-state index contributed by atoms with van der Waals surface area (Å²) >= 11 is 5.87. The smallest absolute Gasteiger partial charge is 0.233 e. The topological polar surface area (TPSA) is 60.2 Å². The Morgan fingerprint density at radius 1 is 1.30 bits per heavy atom. The van der Waals surface area contributed by atoms with E-state index in [1.807, 2.05) is 31.3 Å². The van der Waals surface area contributed by atoms with Crippen LogP contribution in [-0.2, 0) is 4.74 Å². The second-order valence-corrected chi connectivity index (χ2v) is 5.26. The van der Waals surface area contributed by atoms with Gasteiger partial charge in [-0.25, -0.2) is 0 Å². The van der Waals surface area contributed by atoms with Gasteiger partial charge in [0.15, 0.2) is 0 Å². The molecule has 1 aliphatic rings. The molecular formula is C14H16ClN3O2. The van der Waals surface area contributed by atoms with E-state index in [1.54, 1.807) is 0 Å². The fourth-order valence-corrected chi connectivity index (χ4v) is 2.55. The molecule has 0 aliphatic carbocycles. The summed E-state index contributed by atoms with van der Waals surface area (Å²) in [5.74, 6) is 1.30. The highest BCUT2D eigenvalue weighted by molar-refractivity contribution is 6.30. The van der Waals surface area contributed by atoms with Gasteiger partial charge in [0.05, 0.1) is 12.5 Å². The lowest BCUT2D eigenvalue weighted by Gasteiger charge is -2.28. The van der Waals surface area contributed by atoms with Crippen LogP contribution in [-0.4, -0.2) is 36.4 Å². The van der Waals surface area contributed by atoms with Gasteiger partial charge in [-0.3, -0.25) is 0 Å². The van der Waals surface area contributed by atoms with Crippen molar-refractivity contribution in [1.29, 1.82) is 0 Å². The summed E-state index contributed by atoms with van der Waals surface area (Å²) in [6.07, 6.45) is 0.944. The molecule has 1 aliphatic heterocycles. The van der Waals surface area contributed by atoms with Crippen LogP contribution in [0.1, 0.15) is 18.2 Å². The SMILES string of the molecule is CNC1CCOCC1c1nc(-c2ccc(Cl)cc2)no1. The molecule has 0 amide bonds. The van der Waals surface area contributed by atoms with Gasteiger partial charge in [0.25, 0.3) is 0 Å². The van der Waals surface area contributed by atoms with Crippen molar-refractivity contribution in [1.82, 2.24) is 15.5 Å². The fraction of sp³-hybridized carbons (Fsp3) is 0.429. The zero-order valence-electron chi connectivity index (χ0n) is 11.2. The van der Waals surface area contributed by atoms with Crippen LogP contribution in [0.25, 0.3) is 11.4 Å². The molecule has 20 heavy (non-hydrogen) atoms. The molecule has 106 valence electrons. The van der Waals surface area contributed by atoms with Gasteiger partial charge in [0.1, 0.15) is 0 Å². The molecule has 0 saturated carbocycles. The number of rotatable bonds is 3. The second-order valence-electron chi connectivity index (χ2n) is 4.83. The molecule has 2 atom stereocenters. The lowest BCUT2D eigenvalue weighted by molar-refractivity contribution is 0.0516. The van der Waals surface area contributed by atoms with Crippen LogP contribution in [0.4, 0.5) is 0 Å². The number of hydrogen-bond acceptors (Lipinski definition) is 5. The number of hydrogen-bond donors (Lipinski definition) is 1. The molecule has 1 N–H and O–H groups in total. The molecule has 6 heteroatoms. The van der Waals surface area contributed by atoms with Gasteiger partial charge in [-0.2, -0.15) is 4.98 Å². The van der Waals surface area contributed by atoms with Crippen molar-refractivity contribution in [3.63, 3.8) is 0 Å². The summed E-state index contributed by atoms with van der Waals surface area (Å²) in [6, 6.07) is 7.69. The Bertz CT molecular complexity index is 570. The summed E-state index contributed by atoms with van der Waals surface area (Å²) < 4.78 is 10.9. The predicted octanol–water partition coefficient (Wildman–Crippen LogP) is 2.48. The van der Waals surface area contributed by atoms with Gasteiger partial charge >= 0.3 is 0 Å². The van der Waals surface area contributed by atoms with Gasteiger partial charge < -0.3 is 14.6 Å². The Kier molecular flexibility index (Phi) is 4.00. The average Bonchev–Trinajstić information content (AvgIpc) is 2.97. The van der Waals surface area contributed by atoms with Gasteiger partial charge in [-0.1, -0.05) is 16.8 Å². The van der Waals surface area contributed by atoms with Crippen molar-refractivity contribution >= 4 is 11.6 Å². The van der Waals surface area contributed by atoms with Gasteiger partial charge in [-0.05, 0) is 37.7 Å². The predicted molar refractivity (Wildman–Crippen MR) is 75.8 cm³/mol. The van der Waals surface area contributed by atoms with Crippen molar-refractivity contribution in [3.8, 4) is 11.4 Å². The van der Waals surface area contributed by atoms with Crippen molar-refractivity contribution < 1.29 is 9.26 Å². The standard InChI is InChI=1S/C14H16ClN3O2/c1-16-12-6-7-19-8-11(12)14-17-13(18-20-14)9-2-4-10(15)5-3-9/h2-5,11-12,16H,6-8H2,1H3. The zero-order valence-corrected chi connectivity index (χ0v) is 11.9. The van der Waals surface area contributed by atoms with E-state index in [9.17, 15) is 0 Å². The maximum absolute atomic E-state index is 5.87. The molecule has 1 saturated heterocycles. The van der Waals surface area contributed by atoms with Crippen LogP contribution in [0.2, 0.25) is 5.02 Å². The molecule has 1 aromatic heterocycles. The lowest BCUT2D eigenvalue weighted by atomic mass is 9.96. The van der Waals surface area contributed by atoms with E-state index in [1.165, 1.54) is 0 Å². The minimum absolute atomic E-state index is 0.0994. The third kappa shape index (κ3) is 2.70. The Labute approximate surface area is 122 Å². The Balaban J connectivity index is 1.84. The summed E-state index contributed by atoms with van der Waals surface area (Å²) in [6.45, 7) is 1.37. The molecule has 0 bridgehead atoms. The van der Waals surface area contributed by atoms with E-state index >= 15 is 0 Å². The summed E-state index contributed by atoms with van der Waals surface area (Å²) in [5.41, 5.74) is 0.891. The Hall–Kier alpha value is -1.43. The minimum Gasteiger partial charge on any atom is -0.381 e. The van der Waals surface area contributed by atoms with Crippen LogP contribution < -0.4 is 5.32 Å². The molecular weight excluding hydrogens is 278 g/mol. The molecule has 5 nitrogen and oxygen atoms in total. The van der Waals surface area contributed by atoms with Crippen LogP contribution in [0.3, 0.4) is 0 Å². The van der Waals surface area contributed by atoms with E-state index < -0.39 is 0 Å². The Morgan fingerprint density at radius 2 is 2.10 bits per heavy atom. The first-order valence-electron chi connectivity index (χ1n) is 6.62. The highest BCUT2D eigenvalue weighted by Gasteiger charge is 2.30. The van der Waals surface area contributed by atoms with E-state index in [4.69, 9.17) is 20.9 Å². The van der Waals surface area contributed by atoms with Gasteiger partial charge in [0.2, 0.25) is 11.7 Å². The lowest BCUT2D eigenvalue weighted by Crippen LogP contribution is -2.39. The number of likely N-dealkylation sites (N-methyl/N-ethyl adjacent to an activating group) is 1. The largest absolute Gasteiger partial charge is 0.381 e. The van der Waals surface area contributed by atoms with Gasteiger partial charge in [0, 0.05) is 23.2 Å². The van der Waals surface area contributed by atoms with E-state index in [2.05, 4.69) is 15.5 Å². The third-order valence-corrected chi connectivity index (χ3v) is 3.84. The van der Waals surface area contributed by atoms with Crippen molar-refractivity contribution in [2.24, 2.45) is 0 Å². The molecule has 1 fully saturated rings. The minimum atomic E-state index is 0.0994. The maximum Gasteiger partial charge on any atom is 0.233 e. The van der Waals surface area contributed by atoms with E-state index in [0.29, 0.717) is 29.4 Å². The number of nitrogens with zero attached hydrogens (tertiary/aromatic N) is 2. The second kappa shape index (κ2) is 5.91. The third-order valence-electron chi connectivity index (χ3n) is 3.59. The van der Waals surface area contributed by atoms with Crippen LogP contribution in [0.5, 0.6) is 0 Å². The average molecular weight is 294 g/mol. The molecule has 2 heterocycles. The van der Waals surface area contributed by atoms with E-state index in [0.717, 1.165) is 18.6 Å². The van der Waals surface area contributed by atoms with Crippen LogP contribution >= 0.6 is 11.6 Å². The van der Waals surface area contributed by atoms with Crippen molar-refractivity contribution in [3.05, 3.63) is 35.2 Å². The summed E-state index contributed by atoms with van der Waals surface area (Å²) in [5, 5.41) is 8.02. The normalized spacial score (nSPS) is 22.9. The first kappa shape index (κ1) is 13.5. The van der Waals surface area contributed by atoms with Crippen LogP contribution in [0.15, 0.2) is 28.8 Å².